The van der Waals surface area contributed by atoms with E-state index in [9.17, 15) is 9.59 Å². The van der Waals surface area contributed by atoms with Gasteiger partial charge in [-0.25, -0.2) is 0 Å². The lowest BCUT2D eigenvalue weighted by molar-refractivity contribution is -0.118. The van der Waals surface area contributed by atoms with Crippen molar-refractivity contribution in [2.45, 2.75) is 33.1 Å². The minimum absolute atomic E-state index is 0.0451. The Morgan fingerprint density at radius 3 is 2.34 bits per heavy atom. The second-order valence-corrected chi connectivity index (χ2v) is 10.3. The van der Waals surface area contributed by atoms with Crippen molar-refractivity contribution in [3.8, 4) is 28.6 Å². The van der Waals surface area contributed by atoms with Crippen molar-refractivity contribution >= 4 is 34.2 Å². The first-order valence-corrected chi connectivity index (χ1v) is 12.4. The van der Waals surface area contributed by atoms with Crippen LogP contribution in [0.2, 0.25) is 5.02 Å². The normalized spacial score (nSPS) is 11.3. The van der Waals surface area contributed by atoms with E-state index in [0.29, 0.717) is 33.4 Å². The third-order valence-corrected chi connectivity index (χ3v) is 6.58. The van der Waals surface area contributed by atoms with Crippen LogP contribution in [0, 0.1) is 6.92 Å². The molecule has 0 atom stereocenters. The van der Waals surface area contributed by atoms with Crippen LogP contribution in [-0.4, -0.2) is 26.7 Å². The summed E-state index contributed by atoms with van der Waals surface area (Å²) in [4.78, 5) is 26.4. The lowest BCUT2D eigenvalue weighted by Gasteiger charge is -2.19. The van der Waals surface area contributed by atoms with Crippen LogP contribution in [0.4, 0.5) is 5.69 Å². The molecule has 198 valence electrons. The smallest absolute Gasteiger partial charge is 0.262 e. The summed E-state index contributed by atoms with van der Waals surface area (Å²) in [6, 6.07) is 16.0. The molecule has 0 saturated carbocycles. The van der Waals surface area contributed by atoms with Gasteiger partial charge in [-0.05, 0) is 47.7 Å². The molecule has 0 bridgehead atoms. The van der Waals surface area contributed by atoms with E-state index in [1.165, 1.54) is 7.11 Å². The zero-order valence-corrected chi connectivity index (χ0v) is 23.0. The van der Waals surface area contributed by atoms with Crippen molar-refractivity contribution in [1.82, 2.24) is 0 Å². The summed E-state index contributed by atoms with van der Waals surface area (Å²) in [7, 11) is 3.03. The van der Waals surface area contributed by atoms with Gasteiger partial charge >= 0.3 is 0 Å². The topological polar surface area (TPSA) is 87.0 Å². The van der Waals surface area contributed by atoms with Crippen LogP contribution < -0.4 is 25.0 Å². The van der Waals surface area contributed by atoms with Crippen molar-refractivity contribution in [2.24, 2.45) is 0 Å². The lowest BCUT2D eigenvalue weighted by Crippen LogP contribution is -2.23. The van der Waals surface area contributed by atoms with E-state index >= 15 is 0 Å². The van der Waals surface area contributed by atoms with Crippen molar-refractivity contribution in [2.75, 3.05) is 26.1 Å². The molecule has 0 spiro atoms. The second kappa shape index (κ2) is 10.8. The zero-order valence-electron chi connectivity index (χ0n) is 22.2. The van der Waals surface area contributed by atoms with Crippen LogP contribution >= 0.6 is 11.6 Å². The molecule has 4 aromatic rings. The Bertz CT molecular complexity index is 1550. The van der Waals surface area contributed by atoms with Crippen LogP contribution in [0.5, 0.6) is 17.2 Å². The number of carbonyl (C=O) groups excluding carboxylic acids is 1. The quantitative estimate of drug-likeness (QED) is 0.281. The summed E-state index contributed by atoms with van der Waals surface area (Å²) in [5.74, 6) is 0.690. The number of hydrogen-bond donors (Lipinski definition) is 1. The lowest BCUT2D eigenvalue weighted by atomic mass is 9.86. The van der Waals surface area contributed by atoms with Crippen molar-refractivity contribution in [1.29, 1.82) is 0 Å². The fourth-order valence-electron chi connectivity index (χ4n) is 3.97. The Labute approximate surface area is 226 Å². The van der Waals surface area contributed by atoms with Crippen LogP contribution in [0.25, 0.3) is 22.3 Å². The van der Waals surface area contributed by atoms with E-state index in [1.807, 2.05) is 31.2 Å². The van der Waals surface area contributed by atoms with Gasteiger partial charge in [0.15, 0.2) is 12.4 Å². The van der Waals surface area contributed by atoms with Gasteiger partial charge in [-0.3, -0.25) is 9.59 Å². The molecule has 0 aliphatic carbocycles. The summed E-state index contributed by atoms with van der Waals surface area (Å²) in [5.41, 5.74) is 2.91. The van der Waals surface area contributed by atoms with Crippen LogP contribution in [0.15, 0.2) is 63.8 Å². The second-order valence-electron chi connectivity index (χ2n) is 9.92. The van der Waals surface area contributed by atoms with Gasteiger partial charge in [-0.1, -0.05) is 56.6 Å². The van der Waals surface area contributed by atoms with Crippen molar-refractivity contribution in [3.63, 3.8) is 0 Å². The molecule has 38 heavy (non-hydrogen) atoms. The molecule has 1 aromatic heterocycles. The van der Waals surface area contributed by atoms with E-state index in [1.54, 1.807) is 37.4 Å². The van der Waals surface area contributed by atoms with Crippen molar-refractivity contribution < 1.29 is 23.4 Å². The molecular weight excluding hydrogens is 506 g/mol. The number of hydrogen-bond acceptors (Lipinski definition) is 6. The molecular formula is C30H30ClNO6. The van der Waals surface area contributed by atoms with Gasteiger partial charge < -0.3 is 23.9 Å². The largest absolute Gasteiger partial charge is 0.497 e. The van der Waals surface area contributed by atoms with E-state index in [2.05, 4.69) is 26.1 Å². The molecule has 1 N–H and O–H groups in total. The van der Waals surface area contributed by atoms with Gasteiger partial charge in [-0.15, -0.1) is 0 Å². The number of benzene rings is 3. The molecule has 1 amide bonds. The monoisotopic (exact) mass is 535 g/mol. The number of fused-ring (bicyclic) bond motifs is 1. The first-order valence-electron chi connectivity index (χ1n) is 12.0. The molecule has 7 nitrogen and oxygen atoms in total. The molecule has 0 aliphatic rings. The van der Waals surface area contributed by atoms with Crippen LogP contribution in [0.1, 0.15) is 31.9 Å². The zero-order chi connectivity index (χ0) is 27.6. The highest BCUT2D eigenvalue weighted by Gasteiger charge is 2.21. The van der Waals surface area contributed by atoms with E-state index in [0.717, 1.165) is 11.1 Å². The number of ether oxygens (including phenoxy) is 3. The van der Waals surface area contributed by atoms with Crippen molar-refractivity contribution in [3.05, 3.63) is 81.0 Å². The SMILES string of the molecule is COc1ccc(NC(=O)COc2c(-c3ccc(C(C)(C)C)cc3)oc3cc(C)c(Cl)cc3c2=O)c(OC)c1. The Kier molecular flexibility index (Phi) is 7.69. The third kappa shape index (κ3) is 5.63. The number of aryl methyl sites for hydroxylation is 1. The maximum absolute atomic E-state index is 13.5. The van der Waals surface area contributed by atoms with Gasteiger partial charge in [0.1, 0.15) is 17.1 Å². The summed E-state index contributed by atoms with van der Waals surface area (Å²) < 4.78 is 22.5. The number of rotatable bonds is 7. The highest BCUT2D eigenvalue weighted by atomic mass is 35.5. The highest BCUT2D eigenvalue weighted by molar-refractivity contribution is 6.32. The fraction of sp³-hybridized carbons (Fsp3) is 0.267. The molecule has 3 aromatic carbocycles. The van der Waals surface area contributed by atoms with Gasteiger partial charge in [0.2, 0.25) is 11.2 Å². The maximum Gasteiger partial charge on any atom is 0.262 e. The Balaban J connectivity index is 1.70. The Morgan fingerprint density at radius 2 is 1.71 bits per heavy atom. The Morgan fingerprint density at radius 1 is 1.00 bits per heavy atom. The summed E-state index contributed by atoms with van der Waals surface area (Å²) in [6.45, 7) is 7.76. The number of anilines is 1. The molecule has 8 heteroatoms. The first kappa shape index (κ1) is 27.1. The van der Waals surface area contributed by atoms with Crippen LogP contribution in [0.3, 0.4) is 0 Å². The van der Waals surface area contributed by atoms with Gasteiger partial charge in [0.05, 0.1) is 25.3 Å². The first-order chi connectivity index (χ1) is 18.0. The van der Waals surface area contributed by atoms with E-state index in [-0.39, 0.29) is 22.3 Å². The van der Waals surface area contributed by atoms with E-state index < -0.39 is 17.9 Å². The highest BCUT2D eigenvalue weighted by Crippen LogP contribution is 2.34. The average molecular weight is 536 g/mol. The molecule has 0 fully saturated rings. The molecule has 0 radical (unpaired) electrons. The average Bonchev–Trinajstić information content (AvgIpc) is 2.89. The number of methoxy groups -OCH3 is 2. The number of carbonyl (C=O) groups is 1. The summed E-state index contributed by atoms with van der Waals surface area (Å²) >= 11 is 6.29. The predicted octanol–water partition coefficient (Wildman–Crippen LogP) is 6.75. The van der Waals surface area contributed by atoms with E-state index in [4.69, 9.17) is 30.2 Å². The Hall–Kier alpha value is -3.97. The minimum atomic E-state index is -0.482. The molecule has 0 saturated heterocycles. The fourth-order valence-corrected chi connectivity index (χ4v) is 4.13. The number of halogens is 1. The summed E-state index contributed by atoms with van der Waals surface area (Å²) in [5, 5.41) is 3.44. The standard InChI is InChI=1S/C30H30ClNO6/c1-17-13-24-21(15-22(17)31)27(34)29(28(38-24)18-7-9-19(10-8-18)30(2,3)4)37-16-26(33)32-23-12-11-20(35-5)14-25(23)36-6/h7-15H,16H2,1-6H3,(H,32,33). The molecule has 0 unspecified atom stereocenters. The van der Waals surface area contributed by atoms with Crippen LogP contribution in [-0.2, 0) is 10.2 Å². The predicted molar refractivity (Wildman–Crippen MR) is 150 cm³/mol. The minimum Gasteiger partial charge on any atom is -0.497 e. The molecule has 4 rings (SSSR count). The number of amides is 1. The third-order valence-electron chi connectivity index (χ3n) is 6.17. The van der Waals surface area contributed by atoms with Gasteiger partial charge in [-0.2, -0.15) is 0 Å². The summed E-state index contributed by atoms with van der Waals surface area (Å²) in [6.07, 6.45) is 0. The molecule has 0 aliphatic heterocycles. The number of nitrogens with one attached hydrogen (secondary N) is 1. The maximum atomic E-state index is 13.5. The van der Waals surface area contributed by atoms with Gasteiger partial charge in [0.25, 0.3) is 5.91 Å². The molecule has 1 heterocycles. The van der Waals surface area contributed by atoms with Gasteiger partial charge in [0, 0.05) is 16.7 Å².